The number of rotatable bonds is 4. The molecule has 9 heteroatoms. The molecule has 9 nitrogen and oxygen atoms in total. The van der Waals surface area contributed by atoms with Crippen LogP contribution in [0.3, 0.4) is 0 Å². The second-order valence-electron chi connectivity index (χ2n) is 8.08. The Bertz CT molecular complexity index is 1410. The number of carbonyl (C=O) groups excluding carboxylic acids is 1. The molecule has 0 aliphatic heterocycles. The van der Waals surface area contributed by atoms with E-state index in [9.17, 15) is 4.79 Å². The molecule has 1 amide bonds. The van der Waals surface area contributed by atoms with Crippen LogP contribution < -0.4 is 5.32 Å². The summed E-state index contributed by atoms with van der Waals surface area (Å²) >= 11 is 0. The van der Waals surface area contributed by atoms with Crippen LogP contribution in [0.2, 0.25) is 0 Å². The van der Waals surface area contributed by atoms with Gasteiger partial charge in [0.2, 0.25) is 5.91 Å². The molecule has 158 valence electrons. The second kappa shape index (κ2) is 7.52. The lowest BCUT2D eigenvalue weighted by Crippen LogP contribution is -2.20. The summed E-state index contributed by atoms with van der Waals surface area (Å²) in [6.07, 6.45) is 11.1. The Morgan fingerprint density at radius 2 is 1.91 bits per heavy atom. The van der Waals surface area contributed by atoms with E-state index in [0.717, 1.165) is 47.7 Å². The van der Waals surface area contributed by atoms with Crippen LogP contribution in [0.25, 0.3) is 44.8 Å². The highest BCUT2D eigenvalue weighted by atomic mass is 16.1. The summed E-state index contributed by atoms with van der Waals surface area (Å²) < 4.78 is 0. The quantitative estimate of drug-likeness (QED) is 0.399. The normalized spacial score (nSPS) is 14.4. The summed E-state index contributed by atoms with van der Waals surface area (Å²) in [5.74, 6) is 0.800. The molecule has 1 aliphatic rings. The molecule has 5 heterocycles. The van der Waals surface area contributed by atoms with E-state index < -0.39 is 0 Å². The molecule has 0 spiro atoms. The molecule has 0 radical (unpaired) electrons. The molecule has 0 saturated heterocycles. The van der Waals surface area contributed by atoms with Crippen LogP contribution in [0, 0.1) is 5.92 Å². The third-order valence-electron chi connectivity index (χ3n) is 5.96. The van der Waals surface area contributed by atoms with Gasteiger partial charge in [0.25, 0.3) is 0 Å². The Labute approximate surface area is 182 Å². The summed E-state index contributed by atoms with van der Waals surface area (Å²) in [6, 6.07) is 7.67. The second-order valence-corrected chi connectivity index (χ2v) is 8.08. The van der Waals surface area contributed by atoms with Crippen molar-refractivity contribution in [1.82, 2.24) is 35.1 Å². The molecule has 1 fully saturated rings. The van der Waals surface area contributed by atoms with Gasteiger partial charge in [-0.2, -0.15) is 5.10 Å². The topological polar surface area (TPSA) is 125 Å². The summed E-state index contributed by atoms with van der Waals surface area (Å²) in [5.41, 5.74) is 5.24. The Kier molecular flexibility index (Phi) is 4.38. The van der Waals surface area contributed by atoms with Crippen LogP contribution in [0.1, 0.15) is 25.7 Å². The Morgan fingerprint density at radius 1 is 1.03 bits per heavy atom. The maximum atomic E-state index is 12.5. The van der Waals surface area contributed by atoms with Crippen molar-refractivity contribution in [3.8, 4) is 22.6 Å². The van der Waals surface area contributed by atoms with Gasteiger partial charge in [-0.05, 0) is 37.1 Å². The molecular weight excluding hydrogens is 404 g/mol. The average Bonchev–Trinajstić information content (AvgIpc) is 3.58. The van der Waals surface area contributed by atoms with Crippen LogP contribution >= 0.6 is 0 Å². The number of hydrogen-bond donors (Lipinski definition) is 3. The van der Waals surface area contributed by atoms with Gasteiger partial charge >= 0.3 is 0 Å². The van der Waals surface area contributed by atoms with Crippen molar-refractivity contribution in [2.45, 2.75) is 25.7 Å². The Balaban J connectivity index is 1.35. The molecule has 5 aromatic rings. The van der Waals surface area contributed by atoms with Gasteiger partial charge in [-0.25, -0.2) is 15.0 Å². The molecule has 0 bridgehead atoms. The van der Waals surface area contributed by atoms with Crippen molar-refractivity contribution in [2.75, 3.05) is 5.32 Å². The molecule has 5 aromatic heterocycles. The van der Waals surface area contributed by atoms with E-state index in [1.165, 1.54) is 0 Å². The van der Waals surface area contributed by atoms with E-state index in [2.05, 4.69) is 40.4 Å². The van der Waals surface area contributed by atoms with Gasteiger partial charge in [-0.15, -0.1) is 0 Å². The van der Waals surface area contributed by atoms with Crippen molar-refractivity contribution >= 4 is 33.8 Å². The lowest BCUT2D eigenvalue weighted by Gasteiger charge is -2.11. The monoisotopic (exact) mass is 424 g/mol. The summed E-state index contributed by atoms with van der Waals surface area (Å²) in [4.78, 5) is 33.5. The van der Waals surface area contributed by atoms with Crippen molar-refractivity contribution in [3.05, 3.63) is 49.1 Å². The highest BCUT2D eigenvalue weighted by Crippen LogP contribution is 2.30. The number of aromatic amines is 2. The predicted octanol–water partition coefficient (Wildman–Crippen LogP) is 4.09. The van der Waals surface area contributed by atoms with E-state index in [1.54, 1.807) is 24.8 Å². The molecule has 0 aromatic carbocycles. The molecule has 6 rings (SSSR count). The lowest BCUT2D eigenvalue weighted by molar-refractivity contribution is -0.119. The van der Waals surface area contributed by atoms with Gasteiger partial charge in [0, 0.05) is 35.6 Å². The maximum Gasteiger partial charge on any atom is 0.227 e. The number of aromatic nitrogens is 7. The van der Waals surface area contributed by atoms with Gasteiger partial charge in [0.05, 0.1) is 17.3 Å². The third-order valence-corrected chi connectivity index (χ3v) is 5.96. The number of fused-ring (bicyclic) bond motifs is 2. The minimum atomic E-state index is 0.0747. The van der Waals surface area contributed by atoms with Crippen LogP contribution in [0.5, 0.6) is 0 Å². The number of amides is 1. The minimum absolute atomic E-state index is 0.0747. The first-order chi connectivity index (χ1) is 15.7. The highest BCUT2D eigenvalue weighted by molar-refractivity contribution is 5.95. The van der Waals surface area contributed by atoms with E-state index in [1.807, 2.05) is 24.3 Å². The van der Waals surface area contributed by atoms with Crippen LogP contribution in [-0.4, -0.2) is 41.0 Å². The van der Waals surface area contributed by atoms with Crippen molar-refractivity contribution in [1.29, 1.82) is 0 Å². The van der Waals surface area contributed by atoms with Crippen LogP contribution in [0.4, 0.5) is 5.69 Å². The van der Waals surface area contributed by atoms with Crippen molar-refractivity contribution in [2.24, 2.45) is 5.92 Å². The summed E-state index contributed by atoms with van der Waals surface area (Å²) in [7, 11) is 0. The molecule has 0 unspecified atom stereocenters. The first-order valence-electron chi connectivity index (χ1n) is 10.7. The first kappa shape index (κ1) is 18.6. The lowest BCUT2D eigenvalue weighted by atomic mass is 10.1. The first-order valence-corrected chi connectivity index (χ1v) is 10.7. The molecule has 32 heavy (non-hydrogen) atoms. The van der Waals surface area contributed by atoms with Crippen molar-refractivity contribution < 1.29 is 4.79 Å². The standard InChI is InChI=1S/C23H20N8O/c32-23(13-4-1-2-5-13)27-16-8-14(10-24-12-16)15-9-17-19(30-31-20(17)26-11-15)22-28-18-6-3-7-25-21(18)29-22/h3,6-13H,1-2,4-5H2,(H,27,32)(H,25,28,29)(H,26,30,31). The molecule has 1 saturated carbocycles. The smallest absolute Gasteiger partial charge is 0.227 e. The molecule has 1 aliphatic carbocycles. The zero-order chi connectivity index (χ0) is 21.5. The SMILES string of the molecule is O=C(Nc1cncc(-c2cnc3[nH]nc(-c4nc5cccnc5[nH]4)c3c2)c1)C1CCCC1. The fraction of sp³-hybridized carbons (Fsp3) is 0.217. The number of H-pyrrole nitrogens is 2. The average molecular weight is 424 g/mol. The number of imidazole rings is 1. The predicted molar refractivity (Wildman–Crippen MR) is 121 cm³/mol. The molecule has 0 atom stereocenters. The number of nitrogens with zero attached hydrogens (tertiary/aromatic N) is 5. The molecular formula is C23H20N8O. The number of anilines is 1. The van der Waals surface area contributed by atoms with Crippen LogP contribution in [0.15, 0.2) is 49.1 Å². The van der Waals surface area contributed by atoms with Gasteiger partial charge in [0.15, 0.2) is 17.1 Å². The van der Waals surface area contributed by atoms with E-state index >= 15 is 0 Å². The van der Waals surface area contributed by atoms with Gasteiger partial charge in [0.1, 0.15) is 11.2 Å². The van der Waals surface area contributed by atoms with Gasteiger partial charge in [-0.3, -0.25) is 14.9 Å². The molecule has 3 N–H and O–H groups in total. The fourth-order valence-corrected chi connectivity index (χ4v) is 4.30. The van der Waals surface area contributed by atoms with E-state index in [4.69, 9.17) is 0 Å². The number of hydrogen-bond acceptors (Lipinski definition) is 6. The van der Waals surface area contributed by atoms with Crippen LogP contribution in [-0.2, 0) is 4.79 Å². The largest absolute Gasteiger partial charge is 0.324 e. The Hall–Kier alpha value is -4.14. The zero-order valence-corrected chi connectivity index (χ0v) is 17.2. The number of pyridine rings is 3. The number of carbonyl (C=O) groups is 1. The third kappa shape index (κ3) is 3.27. The van der Waals surface area contributed by atoms with Gasteiger partial charge < -0.3 is 10.3 Å². The van der Waals surface area contributed by atoms with E-state index in [0.29, 0.717) is 28.5 Å². The number of nitrogens with one attached hydrogen (secondary N) is 3. The maximum absolute atomic E-state index is 12.5. The van der Waals surface area contributed by atoms with E-state index in [-0.39, 0.29) is 11.8 Å². The summed E-state index contributed by atoms with van der Waals surface area (Å²) in [5, 5.41) is 11.2. The fourth-order valence-electron chi connectivity index (χ4n) is 4.30. The summed E-state index contributed by atoms with van der Waals surface area (Å²) in [6.45, 7) is 0. The highest BCUT2D eigenvalue weighted by Gasteiger charge is 2.22. The zero-order valence-electron chi connectivity index (χ0n) is 17.2. The minimum Gasteiger partial charge on any atom is -0.324 e. The van der Waals surface area contributed by atoms with Crippen molar-refractivity contribution in [3.63, 3.8) is 0 Å². The van der Waals surface area contributed by atoms with Gasteiger partial charge in [-0.1, -0.05) is 12.8 Å². The Morgan fingerprint density at radius 3 is 2.78 bits per heavy atom.